The fourth-order valence-electron chi connectivity index (χ4n) is 2.06. The topological polar surface area (TPSA) is 67.4 Å². The minimum Gasteiger partial charge on any atom is -0.467 e. The van der Waals surface area contributed by atoms with E-state index in [1.807, 2.05) is 38.1 Å². The SMILES string of the molecule is COC(=O)C(CNC(C)c1ccccc1C)NC(C)=O. The Morgan fingerprint density at radius 2 is 1.95 bits per heavy atom. The molecule has 0 heterocycles. The summed E-state index contributed by atoms with van der Waals surface area (Å²) in [7, 11) is 1.31. The standard InChI is InChI=1S/C15H22N2O3/c1-10-7-5-6-8-13(10)11(2)16-9-14(15(19)20-4)17-12(3)18/h5-8,11,14,16H,9H2,1-4H3,(H,17,18). The lowest BCUT2D eigenvalue weighted by atomic mass is 10.0. The minimum absolute atomic E-state index is 0.0807. The number of carbonyl (C=O) groups is 2. The average molecular weight is 278 g/mol. The van der Waals surface area contributed by atoms with Gasteiger partial charge in [-0.1, -0.05) is 24.3 Å². The highest BCUT2D eigenvalue weighted by atomic mass is 16.5. The first-order valence-electron chi connectivity index (χ1n) is 6.59. The Balaban J connectivity index is 2.65. The van der Waals surface area contributed by atoms with E-state index in [9.17, 15) is 9.59 Å². The fourth-order valence-corrected chi connectivity index (χ4v) is 2.06. The zero-order valence-electron chi connectivity index (χ0n) is 12.4. The molecule has 2 unspecified atom stereocenters. The molecule has 20 heavy (non-hydrogen) atoms. The Labute approximate surface area is 119 Å². The maximum Gasteiger partial charge on any atom is 0.329 e. The number of hydrogen-bond acceptors (Lipinski definition) is 4. The molecule has 0 saturated heterocycles. The van der Waals surface area contributed by atoms with E-state index in [2.05, 4.69) is 15.4 Å². The Bertz CT molecular complexity index is 474. The Morgan fingerprint density at radius 3 is 2.50 bits per heavy atom. The summed E-state index contributed by atoms with van der Waals surface area (Å²) in [5.41, 5.74) is 2.35. The van der Waals surface area contributed by atoms with Crippen LogP contribution in [0.4, 0.5) is 0 Å². The maximum atomic E-state index is 11.6. The molecule has 0 aliphatic heterocycles. The number of rotatable bonds is 6. The predicted octanol–water partition coefficient (Wildman–Crippen LogP) is 1.32. The van der Waals surface area contributed by atoms with Gasteiger partial charge in [-0.25, -0.2) is 4.79 Å². The summed E-state index contributed by atoms with van der Waals surface area (Å²) in [6, 6.07) is 7.45. The third-order valence-corrected chi connectivity index (χ3v) is 3.15. The monoisotopic (exact) mass is 278 g/mol. The van der Waals surface area contributed by atoms with Crippen LogP contribution in [0.15, 0.2) is 24.3 Å². The number of nitrogens with one attached hydrogen (secondary N) is 2. The van der Waals surface area contributed by atoms with E-state index in [1.165, 1.54) is 25.2 Å². The molecule has 0 aliphatic rings. The lowest BCUT2D eigenvalue weighted by Gasteiger charge is -2.21. The number of hydrogen-bond donors (Lipinski definition) is 2. The van der Waals surface area contributed by atoms with Crippen LogP contribution in [0.25, 0.3) is 0 Å². The molecular weight excluding hydrogens is 256 g/mol. The number of benzene rings is 1. The summed E-state index contributed by atoms with van der Waals surface area (Å²) in [6.45, 7) is 5.76. The summed E-state index contributed by atoms with van der Waals surface area (Å²) < 4.78 is 4.68. The van der Waals surface area contributed by atoms with Crippen molar-refractivity contribution in [2.75, 3.05) is 13.7 Å². The minimum atomic E-state index is -0.677. The third kappa shape index (κ3) is 4.66. The normalized spacial score (nSPS) is 13.4. The molecule has 0 aromatic heterocycles. The van der Waals surface area contributed by atoms with Gasteiger partial charge in [-0.3, -0.25) is 4.79 Å². The van der Waals surface area contributed by atoms with Crippen molar-refractivity contribution in [1.29, 1.82) is 0 Å². The van der Waals surface area contributed by atoms with Gasteiger partial charge < -0.3 is 15.4 Å². The van der Waals surface area contributed by atoms with E-state index in [4.69, 9.17) is 0 Å². The summed E-state index contributed by atoms with van der Waals surface area (Å²) in [5.74, 6) is -0.713. The molecule has 1 aromatic carbocycles. The quantitative estimate of drug-likeness (QED) is 0.770. The Hall–Kier alpha value is -1.88. The van der Waals surface area contributed by atoms with Gasteiger partial charge in [0.1, 0.15) is 6.04 Å². The largest absolute Gasteiger partial charge is 0.467 e. The smallest absolute Gasteiger partial charge is 0.329 e. The van der Waals surface area contributed by atoms with Crippen LogP contribution in [0.3, 0.4) is 0 Å². The van der Waals surface area contributed by atoms with E-state index in [0.29, 0.717) is 6.54 Å². The van der Waals surface area contributed by atoms with Crippen molar-refractivity contribution >= 4 is 11.9 Å². The van der Waals surface area contributed by atoms with Crippen LogP contribution in [0.1, 0.15) is 31.0 Å². The molecule has 5 nitrogen and oxygen atoms in total. The molecule has 1 rings (SSSR count). The first-order valence-corrected chi connectivity index (χ1v) is 6.59. The van der Waals surface area contributed by atoms with Crippen molar-refractivity contribution < 1.29 is 14.3 Å². The van der Waals surface area contributed by atoms with Crippen LogP contribution in [-0.2, 0) is 14.3 Å². The average Bonchev–Trinajstić information content (AvgIpc) is 2.42. The first-order chi connectivity index (χ1) is 9.45. The van der Waals surface area contributed by atoms with Crippen molar-refractivity contribution in [1.82, 2.24) is 10.6 Å². The maximum absolute atomic E-state index is 11.6. The summed E-state index contributed by atoms with van der Waals surface area (Å²) in [4.78, 5) is 22.7. The Morgan fingerprint density at radius 1 is 1.30 bits per heavy atom. The van der Waals surface area contributed by atoms with Gasteiger partial charge in [0.2, 0.25) is 5.91 Å². The predicted molar refractivity (Wildman–Crippen MR) is 77.2 cm³/mol. The molecule has 0 aliphatic carbocycles. The van der Waals surface area contributed by atoms with Gasteiger partial charge in [0.05, 0.1) is 7.11 Å². The van der Waals surface area contributed by atoms with Crippen molar-refractivity contribution in [2.24, 2.45) is 0 Å². The third-order valence-electron chi connectivity index (χ3n) is 3.15. The molecular formula is C15H22N2O3. The van der Waals surface area contributed by atoms with Crippen LogP contribution < -0.4 is 10.6 Å². The summed E-state index contributed by atoms with van der Waals surface area (Å²) in [5, 5.41) is 5.82. The molecule has 2 N–H and O–H groups in total. The number of carbonyl (C=O) groups excluding carboxylic acids is 2. The van der Waals surface area contributed by atoms with E-state index >= 15 is 0 Å². The lowest BCUT2D eigenvalue weighted by molar-refractivity contribution is -0.144. The van der Waals surface area contributed by atoms with Crippen LogP contribution in [-0.4, -0.2) is 31.6 Å². The molecule has 0 radical (unpaired) electrons. The summed E-state index contributed by atoms with van der Waals surface area (Å²) >= 11 is 0. The van der Waals surface area contributed by atoms with E-state index in [0.717, 1.165) is 0 Å². The lowest BCUT2D eigenvalue weighted by Crippen LogP contribution is -2.47. The number of esters is 1. The van der Waals surface area contributed by atoms with E-state index in [-0.39, 0.29) is 11.9 Å². The number of methoxy groups -OCH3 is 1. The fraction of sp³-hybridized carbons (Fsp3) is 0.467. The van der Waals surface area contributed by atoms with Gasteiger partial charge >= 0.3 is 5.97 Å². The second kappa shape index (κ2) is 7.65. The number of ether oxygens (including phenoxy) is 1. The zero-order chi connectivity index (χ0) is 15.1. The number of amides is 1. The van der Waals surface area contributed by atoms with E-state index < -0.39 is 12.0 Å². The van der Waals surface area contributed by atoms with Gasteiger partial charge in [-0.15, -0.1) is 0 Å². The van der Waals surface area contributed by atoms with Gasteiger partial charge in [-0.2, -0.15) is 0 Å². The molecule has 5 heteroatoms. The van der Waals surface area contributed by atoms with Crippen LogP contribution in [0, 0.1) is 6.92 Å². The second-order valence-corrected chi connectivity index (χ2v) is 4.76. The molecule has 0 bridgehead atoms. The van der Waals surface area contributed by atoms with Gasteiger partial charge in [0.25, 0.3) is 0 Å². The second-order valence-electron chi connectivity index (χ2n) is 4.76. The molecule has 0 saturated carbocycles. The molecule has 110 valence electrons. The van der Waals surface area contributed by atoms with E-state index in [1.54, 1.807) is 0 Å². The van der Waals surface area contributed by atoms with Crippen LogP contribution >= 0.6 is 0 Å². The molecule has 1 amide bonds. The highest BCUT2D eigenvalue weighted by Gasteiger charge is 2.21. The number of aryl methyl sites for hydroxylation is 1. The van der Waals surface area contributed by atoms with Crippen molar-refractivity contribution in [2.45, 2.75) is 32.9 Å². The summed E-state index contributed by atoms with van der Waals surface area (Å²) in [6.07, 6.45) is 0. The van der Waals surface area contributed by atoms with Gasteiger partial charge in [0, 0.05) is 19.5 Å². The first kappa shape index (κ1) is 16.2. The van der Waals surface area contributed by atoms with Gasteiger partial charge in [-0.05, 0) is 25.0 Å². The highest BCUT2D eigenvalue weighted by molar-refractivity contribution is 5.83. The van der Waals surface area contributed by atoms with Crippen molar-refractivity contribution in [3.8, 4) is 0 Å². The molecule has 0 spiro atoms. The van der Waals surface area contributed by atoms with Crippen molar-refractivity contribution in [3.05, 3.63) is 35.4 Å². The molecule has 2 atom stereocenters. The molecule has 1 aromatic rings. The zero-order valence-corrected chi connectivity index (χ0v) is 12.4. The Kier molecular flexibility index (Phi) is 6.18. The molecule has 0 fully saturated rings. The van der Waals surface area contributed by atoms with Crippen molar-refractivity contribution in [3.63, 3.8) is 0 Å². The highest BCUT2D eigenvalue weighted by Crippen LogP contribution is 2.16. The van der Waals surface area contributed by atoms with Crippen LogP contribution in [0.2, 0.25) is 0 Å². The van der Waals surface area contributed by atoms with Crippen LogP contribution in [0.5, 0.6) is 0 Å². The van der Waals surface area contributed by atoms with Gasteiger partial charge in [0.15, 0.2) is 0 Å².